The molecular formula is C13H25ClN4O2S. The van der Waals surface area contributed by atoms with Gasteiger partial charge in [0.2, 0.25) is 10.0 Å². The van der Waals surface area contributed by atoms with Crippen LogP contribution < -0.4 is 5.32 Å². The molecule has 0 spiro atoms. The molecule has 1 saturated heterocycles. The van der Waals surface area contributed by atoms with Crippen LogP contribution in [0.25, 0.3) is 0 Å². The van der Waals surface area contributed by atoms with E-state index in [4.69, 9.17) is 0 Å². The van der Waals surface area contributed by atoms with Crippen molar-refractivity contribution in [3.8, 4) is 0 Å². The zero-order valence-electron chi connectivity index (χ0n) is 12.9. The molecule has 21 heavy (non-hydrogen) atoms. The Morgan fingerprint density at radius 3 is 2.48 bits per heavy atom. The summed E-state index contributed by atoms with van der Waals surface area (Å²) in [6.07, 6.45) is 4.47. The van der Waals surface area contributed by atoms with Crippen LogP contribution in [0.2, 0.25) is 0 Å². The summed E-state index contributed by atoms with van der Waals surface area (Å²) < 4.78 is 28.4. The van der Waals surface area contributed by atoms with Gasteiger partial charge in [-0.1, -0.05) is 0 Å². The second-order valence-electron chi connectivity index (χ2n) is 5.46. The van der Waals surface area contributed by atoms with E-state index in [-0.39, 0.29) is 12.4 Å². The third kappa shape index (κ3) is 3.97. The van der Waals surface area contributed by atoms with E-state index in [1.54, 1.807) is 23.0 Å². The fraction of sp³-hybridized carbons (Fsp3) is 0.769. The number of hydrogen-bond donors (Lipinski definition) is 1. The van der Waals surface area contributed by atoms with Gasteiger partial charge in [-0.15, -0.1) is 12.4 Å². The highest BCUT2D eigenvalue weighted by atomic mass is 35.5. The van der Waals surface area contributed by atoms with E-state index in [0.29, 0.717) is 29.6 Å². The summed E-state index contributed by atoms with van der Waals surface area (Å²) >= 11 is 0. The van der Waals surface area contributed by atoms with Crippen LogP contribution in [0, 0.1) is 12.8 Å². The molecule has 0 atom stereocenters. The molecule has 1 fully saturated rings. The molecule has 1 aliphatic rings. The monoisotopic (exact) mass is 336 g/mol. The third-order valence-corrected chi connectivity index (χ3v) is 6.19. The van der Waals surface area contributed by atoms with Gasteiger partial charge in [-0.05, 0) is 45.7 Å². The quantitative estimate of drug-likeness (QED) is 0.876. The number of hydrogen-bond acceptors (Lipinski definition) is 4. The van der Waals surface area contributed by atoms with E-state index in [9.17, 15) is 8.42 Å². The van der Waals surface area contributed by atoms with Gasteiger partial charge in [0, 0.05) is 20.1 Å². The van der Waals surface area contributed by atoms with Crippen molar-refractivity contribution in [2.75, 3.05) is 26.7 Å². The molecule has 0 aliphatic carbocycles. The van der Waals surface area contributed by atoms with Crippen LogP contribution in [-0.2, 0) is 17.1 Å². The van der Waals surface area contributed by atoms with Crippen LogP contribution in [0.4, 0.5) is 0 Å². The van der Waals surface area contributed by atoms with Gasteiger partial charge in [0.05, 0.1) is 11.9 Å². The maximum absolute atomic E-state index is 12.6. The summed E-state index contributed by atoms with van der Waals surface area (Å²) in [5.74, 6) is 0.629. The fourth-order valence-corrected chi connectivity index (χ4v) is 4.31. The topological polar surface area (TPSA) is 67.2 Å². The minimum Gasteiger partial charge on any atom is -0.320 e. The predicted molar refractivity (Wildman–Crippen MR) is 85.2 cm³/mol. The highest BCUT2D eigenvalue weighted by molar-refractivity contribution is 7.89. The largest absolute Gasteiger partial charge is 0.320 e. The number of nitrogens with one attached hydrogen (secondary N) is 1. The Kier molecular flexibility index (Phi) is 6.65. The van der Waals surface area contributed by atoms with E-state index in [1.807, 2.05) is 7.05 Å². The third-order valence-electron chi connectivity index (χ3n) is 4.18. The van der Waals surface area contributed by atoms with Crippen molar-refractivity contribution >= 4 is 22.4 Å². The number of rotatable bonds is 5. The molecule has 0 radical (unpaired) electrons. The zero-order chi connectivity index (χ0) is 14.8. The van der Waals surface area contributed by atoms with Gasteiger partial charge in [0.1, 0.15) is 4.90 Å². The van der Waals surface area contributed by atoms with Crippen LogP contribution in [0.5, 0.6) is 0 Å². The van der Waals surface area contributed by atoms with Gasteiger partial charge in [0.25, 0.3) is 0 Å². The molecule has 2 rings (SSSR count). The summed E-state index contributed by atoms with van der Waals surface area (Å²) in [5, 5.41) is 7.18. The molecule has 0 aromatic carbocycles. The van der Waals surface area contributed by atoms with E-state index < -0.39 is 10.0 Å². The van der Waals surface area contributed by atoms with Gasteiger partial charge in [-0.3, -0.25) is 4.68 Å². The zero-order valence-corrected chi connectivity index (χ0v) is 14.5. The molecule has 1 aliphatic heterocycles. The first-order chi connectivity index (χ1) is 9.46. The van der Waals surface area contributed by atoms with Crippen molar-refractivity contribution in [1.29, 1.82) is 0 Å². The standard InChI is InChI=1S/C13H24N4O2S.ClH/c1-11-13(10-15-16(11)3)20(18,19)17-8-5-12(6-9-17)4-7-14-2;/h10,12,14H,4-9H2,1-3H3;1H. The lowest BCUT2D eigenvalue weighted by atomic mass is 9.95. The molecule has 0 saturated carbocycles. The first-order valence-electron chi connectivity index (χ1n) is 7.10. The Balaban J connectivity index is 0.00000220. The van der Waals surface area contributed by atoms with Crippen LogP contribution in [-0.4, -0.2) is 49.2 Å². The number of aryl methyl sites for hydroxylation is 1. The number of halogens is 1. The molecular weight excluding hydrogens is 312 g/mol. The highest BCUT2D eigenvalue weighted by Gasteiger charge is 2.31. The Morgan fingerprint density at radius 2 is 2.00 bits per heavy atom. The minimum atomic E-state index is -3.38. The molecule has 0 amide bonds. The molecule has 1 N–H and O–H groups in total. The van der Waals surface area contributed by atoms with E-state index in [2.05, 4.69) is 10.4 Å². The number of aromatic nitrogens is 2. The molecule has 0 bridgehead atoms. The summed E-state index contributed by atoms with van der Waals surface area (Å²) in [5.41, 5.74) is 0.697. The lowest BCUT2D eigenvalue weighted by Gasteiger charge is -2.31. The van der Waals surface area contributed by atoms with Gasteiger partial charge in [-0.25, -0.2) is 8.42 Å². The van der Waals surface area contributed by atoms with Crippen molar-refractivity contribution in [1.82, 2.24) is 19.4 Å². The van der Waals surface area contributed by atoms with Crippen LogP contribution in [0.1, 0.15) is 25.0 Å². The second kappa shape index (κ2) is 7.58. The van der Waals surface area contributed by atoms with Gasteiger partial charge < -0.3 is 5.32 Å². The van der Waals surface area contributed by atoms with E-state index in [1.165, 1.54) is 6.20 Å². The fourth-order valence-electron chi connectivity index (χ4n) is 2.66. The Bertz CT molecular complexity index is 551. The SMILES string of the molecule is CNCCC1CCN(S(=O)(=O)c2cnn(C)c2C)CC1.Cl. The maximum Gasteiger partial charge on any atom is 0.246 e. The summed E-state index contributed by atoms with van der Waals surface area (Å²) in [6.45, 7) is 4.02. The Labute approximate surface area is 133 Å². The number of piperidine rings is 1. The molecule has 8 heteroatoms. The molecule has 122 valence electrons. The Hall–Kier alpha value is -0.630. The molecule has 1 aromatic heterocycles. The smallest absolute Gasteiger partial charge is 0.246 e. The van der Waals surface area contributed by atoms with Crippen molar-refractivity contribution in [3.05, 3.63) is 11.9 Å². The average molecular weight is 337 g/mol. The van der Waals surface area contributed by atoms with E-state index in [0.717, 1.165) is 25.8 Å². The Morgan fingerprint density at radius 1 is 1.38 bits per heavy atom. The first kappa shape index (κ1) is 18.4. The number of sulfonamides is 1. The van der Waals surface area contributed by atoms with Crippen molar-refractivity contribution in [2.45, 2.75) is 31.1 Å². The second-order valence-corrected chi connectivity index (χ2v) is 7.36. The number of nitrogens with zero attached hydrogens (tertiary/aromatic N) is 3. The molecule has 0 unspecified atom stereocenters. The average Bonchev–Trinajstić information content (AvgIpc) is 2.78. The van der Waals surface area contributed by atoms with Crippen LogP contribution in [0.3, 0.4) is 0 Å². The molecule has 2 heterocycles. The maximum atomic E-state index is 12.6. The molecule has 6 nitrogen and oxygen atoms in total. The van der Waals surface area contributed by atoms with Gasteiger partial charge >= 0.3 is 0 Å². The normalized spacial score (nSPS) is 17.7. The summed E-state index contributed by atoms with van der Waals surface area (Å²) in [6, 6.07) is 0. The van der Waals surface area contributed by atoms with Crippen molar-refractivity contribution in [2.24, 2.45) is 13.0 Å². The lowest BCUT2D eigenvalue weighted by molar-refractivity contribution is 0.263. The highest BCUT2D eigenvalue weighted by Crippen LogP contribution is 2.26. The summed E-state index contributed by atoms with van der Waals surface area (Å²) in [7, 11) is 0.330. The first-order valence-corrected chi connectivity index (χ1v) is 8.54. The van der Waals surface area contributed by atoms with Gasteiger partial charge in [0.15, 0.2) is 0 Å². The van der Waals surface area contributed by atoms with Crippen molar-refractivity contribution in [3.63, 3.8) is 0 Å². The van der Waals surface area contributed by atoms with Crippen LogP contribution >= 0.6 is 12.4 Å². The summed E-state index contributed by atoms with van der Waals surface area (Å²) in [4.78, 5) is 0.341. The van der Waals surface area contributed by atoms with E-state index >= 15 is 0 Å². The van der Waals surface area contributed by atoms with Crippen LogP contribution in [0.15, 0.2) is 11.1 Å². The van der Waals surface area contributed by atoms with Gasteiger partial charge in [-0.2, -0.15) is 9.40 Å². The lowest BCUT2D eigenvalue weighted by Crippen LogP contribution is -2.39. The molecule has 1 aromatic rings. The minimum absolute atomic E-state index is 0. The van der Waals surface area contributed by atoms with Crippen molar-refractivity contribution < 1.29 is 8.42 Å². The predicted octanol–water partition coefficient (Wildman–Crippen LogP) is 1.16.